The van der Waals surface area contributed by atoms with Crippen LogP contribution in [-0.2, 0) is 33.0 Å². The Labute approximate surface area is 200 Å². The van der Waals surface area contributed by atoms with E-state index in [1.807, 2.05) is 0 Å². The number of rotatable bonds is 4. The first kappa shape index (κ1) is 25.7. The van der Waals surface area contributed by atoms with Crippen LogP contribution in [0, 0.1) is 0 Å². The van der Waals surface area contributed by atoms with Gasteiger partial charge >= 0.3 is 0 Å². The van der Waals surface area contributed by atoms with Crippen molar-refractivity contribution in [1.29, 1.82) is 0 Å². The quantitative estimate of drug-likeness (QED) is 0.664. The smallest absolute Gasteiger partial charge is 0.153 e. The first-order valence-electron chi connectivity index (χ1n) is 12.1. The lowest BCUT2D eigenvalue weighted by molar-refractivity contribution is 0.0342. The van der Waals surface area contributed by atoms with Gasteiger partial charge in [0, 0.05) is 38.4 Å². The van der Waals surface area contributed by atoms with E-state index in [4.69, 9.17) is 4.74 Å². The molecule has 0 unspecified atom stereocenters. The van der Waals surface area contributed by atoms with Crippen LogP contribution in [0.5, 0.6) is 0 Å². The van der Waals surface area contributed by atoms with Gasteiger partial charge in [0.05, 0.1) is 24.7 Å². The van der Waals surface area contributed by atoms with E-state index in [9.17, 15) is 8.42 Å². The minimum Gasteiger partial charge on any atom is -0.379 e. The van der Waals surface area contributed by atoms with Crippen molar-refractivity contribution in [2.45, 2.75) is 46.1 Å². The third-order valence-corrected chi connectivity index (χ3v) is 7.96. The van der Waals surface area contributed by atoms with E-state index >= 15 is 0 Å². The highest BCUT2D eigenvalue weighted by atomic mass is 32.2. The number of sulfone groups is 1. The molecule has 0 atom stereocenters. The Morgan fingerprint density at radius 2 is 1.48 bits per heavy atom. The van der Waals surface area contributed by atoms with Crippen LogP contribution < -0.4 is 4.90 Å². The number of ether oxygens (including phenoxy) is 1. The molecule has 0 spiro atoms. The number of anilines is 1. The Balaban J connectivity index is 0.000000189. The molecule has 33 heavy (non-hydrogen) atoms. The highest BCUT2D eigenvalue weighted by Gasteiger charge is 2.22. The minimum atomic E-state index is -2.80. The maximum Gasteiger partial charge on any atom is 0.153 e. The lowest BCUT2D eigenvalue weighted by Crippen LogP contribution is -2.40. The molecule has 0 bridgehead atoms. The van der Waals surface area contributed by atoms with Crippen molar-refractivity contribution < 1.29 is 13.2 Å². The van der Waals surface area contributed by atoms with Crippen LogP contribution in [0.2, 0.25) is 0 Å². The Kier molecular flexibility index (Phi) is 8.96. The fourth-order valence-electron chi connectivity index (χ4n) is 4.11. The maximum absolute atomic E-state index is 11.4. The number of benzene rings is 2. The summed E-state index contributed by atoms with van der Waals surface area (Å²) in [4.78, 5) is 4.60. The number of hydrogen-bond donors (Lipinski definition) is 0. The van der Waals surface area contributed by atoms with Gasteiger partial charge in [0.1, 0.15) is 0 Å². The summed E-state index contributed by atoms with van der Waals surface area (Å²) in [6.45, 7) is 15.0. The summed E-state index contributed by atoms with van der Waals surface area (Å²) < 4.78 is 28.1. The molecule has 0 radical (unpaired) electrons. The van der Waals surface area contributed by atoms with Gasteiger partial charge in [-0.15, -0.1) is 0 Å². The summed E-state index contributed by atoms with van der Waals surface area (Å²) in [6.07, 6.45) is 1.12. The normalized spacial score (nSPS) is 19.0. The van der Waals surface area contributed by atoms with Gasteiger partial charge in [-0.2, -0.15) is 0 Å². The molecule has 2 aromatic rings. The molecule has 0 amide bonds. The van der Waals surface area contributed by atoms with Crippen molar-refractivity contribution in [2.75, 3.05) is 55.8 Å². The zero-order valence-electron chi connectivity index (χ0n) is 20.7. The molecule has 4 rings (SSSR count). The monoisotopic (exact) mass is 472 g/mol. The number of aryl methyl sites for hydroxylation is 1. The number of morpholine rings is 1. The molecule has 2 heterocycles. The van der Waals surface area contributed by atoms with E-state index in [0.717, 1.165) is 45.0 Å². The second-order valence-corrected chi connectivity index (χ2v) is 12.3. The highest BCUT2D eigenvalue weighted by Crippen LogP contribution is 2.25. The molecule has 0 N–H and O–H groups in total. The highest BCUT2D eigenvalue weighted by molar-refractivity contribution is 7.91. The van der Waals surface area contributed by atoms with Crippen molar-refractivity contribution in [3.8, 4) is 0 Å². The molecular weight excluding hydrogens is 432 g/mol. The summed E-state index contributed by atoms with van der Waals surface area (Å²) >= 11 is 0. The van der Waals surface area contributed by atoms with Crippen LogP contribution in [0.15, 0.2) is 48.5 Å². The lowest BCUT2D eigenvalue weighted by Gasteiger charge is -2.29. The van der Waals surface area contributed by atoms with Crippen LogP contribution in [-0.4, -0.2) is 64.2 Å². The SMILES string of the molecule is CC(C)(C)c1ccc(N2CCS(=O)(=O)CC2)cc1.CCc1cccc(CN2CCOCC2)c1. The second kappa shape index (κ2) is 11.5. The van der Waals surface area contributed by atoms with Gasteiger partial charge < -0.3 is 9.64 Å². The summed E-state index contributed by atoms with van der Waals surface area (Å²) in [7, 11) is -2.80. The zero-order valence-corrected chi connectivity index (χ0v) is 21.5. The van der Waals surface area contributed by atoms with Gasteiger partial charge in [-0.3, -0.25) is 4.90 Å². The minimum absolute atomic E-state index is 0.157. The van der Waals surface area contributed by atoms with Crippen LogP contribution >= 0.6 is 0 Å². The van der Waals surface area contributed by atoms with Crippen molar-refractivity contribution in [3.05, 3.63) is 65.2 Å². The standard InChI is InChI=1S/C14H21NO2S.C13H19NO/c1-14(2,3)12-4-6-13(7-5-12)15-8-10-18(16,17)11-9-15;1-2-12-4-3-5-13(10-12)11-14-6-8-15-9-7-14/h4-7H,8-11H2,1-3H3;3-5,10H,2,6-9,11H2,1H3. The van der Waals surface area contributed by atoms with E-state index in [0.29, 0.717) is 13.1 Å². The second-order valence-electron chi connectivity index (χ2n) is 10.00. The molecule has 2 aliphatic rings. The van der Waals surface area contributed by atoms with Gasteiger partial charge in [-0.25, -0.2) is 8.42 Å². The van der Waals surface area contributed by atoms with Gasteiger partial charge in [-0.05, 0) is 40.7 Å². The maximum atomic E-state index is 11.4. The summed E-state index contributed by atoms with van der Waals surface area (Å²) in [6, 6.07) is 17.4. The van der Waals surface area contributed by atoms with E-state index in [2.05, 4.69) is 86.0 Å². The molecule has 0 aromatic heterocycles. The third-order valence-electron chi connectivity index (χ3n) is 6.35. The molecule has 0 saturated carbocycles. The summed E-state index contributed by atoms with van der Waals surface area (Å²) in [5.74, 6) is 0.544. The van der Waals surface area contributed by atoms with Crippen LogP contribution in [0.3, 0.4) is 0 Å². The van der Waals surface area contributed by atoms with Crippen molar-refractivity contribution >= 4 is 15.5 Å². The zero-order chi connectivity index (χ0) is 23.9. The molecule has 6 heteroatoms. The molecule has 5 nitrogen and oxygen atoms in total. The third kappa shape index (κ3) is 8.13. The first-order valence-corrected chi connectivity index (χ1v) is 13.9. The summed E-state index contributed by atoms with van der Waals surface area (Å²) in [5.41, 5.74) is 5.44. The largest absolute Gasteiger partial charge is 0.379 e. The fourth-order valence-corrected chi connectivity index (χ4v) is 5.31. The number of nitrogens with zero attached hydrogens (tertiary/aromatic N) is 2. The van der Waals surface area contributed by atoms with Crippen molar-refractivity contribution in [3.63, 3.8) is 0 Å². The van der Waals surface area contributed by atoms with E-state index in [1.165, 1.54) is 16.7 Å². The number of hydrogen-bond acceptors (Lipinski definition) is 5. The van der Waals surface area contributed by atoms with Crippen LogP contribution in [0.1, 0.15) is 44.4 Å². The molecule has 0 aliphatic carbocycles. The van der Waals surface area contributed by atoms with Crippen LogP contribution in [0.4, 0.5) is 5.69 Å². The van der Waals surface area contributed by atoms with Gasteiger partial charge in [-0.1, -0.05) is 64.1 Å². The predicted molar refractivity (Wildman–Crippen MR) is 138 cm³/mol. The predicted octanol–water partition coefficient (Wildman–Crippen LogP) is 4.30. The Morgan fingerprint density at radius 3 is 2.06 bits per heavy atom. The topological polar surface area (TPSA) is 49.9 Å². The molecule has 2 saturated heterocycles. The van der Waals surface area contributed by atoms with Gasteiger partial charge in [0.25, 0.3) is 0 Å². The molecule has 2 fully saturated rings. The molecule has 2 aliphatic heterocycles. The molecule has 182 valence electrons. The molecule has 2 aromatic carbocycles. The average Bonchev–Trinajstić information content (AvgIpc) is 2.80. The average molecular weight is 473 g/mol. The molecular formula is C27H40N2O3S. The Bertz CT molecular complexity index is 961. The van der Waals surface area contributed by atoms with Gasteiger partial charge in [0.15, 0.2) is 9.84 Å². The van der Waals surface area contributed by atoms with Crippen molar-refractivity contribution in [2.24, 2.45) is 0 Å². The van der Waals surface area contributed by atoms with Gasteiger partial charge in [0.2, 0.25) is 0 Å². The fraction of sp³-hybridized carbons (Fsp3) is 0.556. The summed E-state index contributed by atoms with van der Waals surface area (Å²) in [5, 5.41) is 0. The van der Waals surface area contributed by atoms with Crippen LogP contribution in [0.25, 0.3) is 0 Å². The first-order chi connectivity index (χ1) is 15.7. The van der Waals surface area contributed by atoms with E-state index in [1.54, 1.807) is 0 Å². The Hall–Kier alpha value is -1.89. The van der Waals surface area contributed by atoms with E-state index in [-0.39, 0.29) is 16.9 Å². The van der Waals surface area contributed by atoms with Crippen molar-refractivity contribution in [1.82, 2.24) is 4.90 Å². The van der Waals surface area contributed by atoms with E-state index < -0.39 is 9.84 Å². The Morgan fingerprint density at radius 1 is 0.879 bits per heavy atom. The lowest BCUT2D eigenvalue weighted by atomic mass is 9.87.